The van der Waals surface area contributed by atoms with E-state index in [1.54, 1.807) is 6.92 Å². The Morgan fingerprint density at radius 1 is 1.44 bits per heavy atom. The van der Waals surface area contributed by atoms with Gasteiger partial charge in [-0.3, -0.25) is 9.59 Å². The molecule has 1 amide bonds. The lowest BCUT2D eigenvalue weighted by molar-refractivity contribution is -0.142. The highest BCUT2D eigenvalue weighted by Crippen LogP contribution is 2.02. The number of amides is 1. The SMILES string of the molecule is COCCC(N)C(=O)NC(C)C(C)C(=O)O. The van der Waals surface area contributed by atoms with Gasteiger partial charge in [0.25, 0.3) is 0 Å². The summed E-state index contributed by atoms with van der Waals surface area (Å²) in [4.78, 5) is 22.2. The smallest absolute Gasteiger partial charge is 0.308 e. The van der Waals surface area contributed by atoms with Crippen molar-refractivity contribution in [3.8, 4) is 0 Å². The Morgan fingerprint density at radius 2 is 2.00 bits per heavy atom. The van der Waals surface area contributed by atoms with E-state index in [9.17, 15) is 9.59 Å². The second-order valence-corrected chi connectivity index (χ2v) is 3.81. The standard InChI is InChI=1S/C10H20N2O4/c1-6(10(14)15)7(2)12-9(13)8(11)4-5-16-3/h6-8H,4-5,11H2,1-3H3,(H,12,13)(H,14,15). The molecule has 0 aliphatic rings. The van der Waals surface area contributed by atoms with Gasteiger partial charge in [-0.1, -0.05) is 0 Å². The van der Waals surface area contributed by atoms with Crippen LogP contribution >= 0.6 is 0 Å². The van der Waals surface area contributed by atoms with Crippen molar-refractivity contribution in [1.29, 1.82) is 0 Å². The fraction of sp³-hybridized carbons (Fsp3) is 0.800. The van der Waals surface area contributed by atoms with Gasteiger partial charge in [0.2, 0.25) is 5.91 Å². The Morgan fingerprint density at radius 3 is 2.44 bits per heavy atom. The molecule has 0 heterocycles. The number of carboxylic acid groups (broad SMARTS) is 1. The Labute approximate surface area is 95.1 Å². The minimum Gasteiger partial charge on any atom is -0.481 e. The second-order valence-electron chi connectivity index (χ2n) is 3.81. The van der Waals surface area contributed by atoms with Crippen LogP contribution in [0.25, 0.3) is 0 Å². The van der Waals surface area contributed by atoms with Gasteiger partial charge < -0.3 is 20.9 Å². The highest BCUT2D eigenvalue weighted by atomic mass is 16.5. The van der Waals surface area contributed by atoms with Gasteiger partial charge in [-0.15, -0.1) is 0 Å². The summed E-state index contributed by atoms with van der Waals surface area (Å²) in [7, 11) is 1.53. The monoisotopic (exact) mass is 232 g/mol. The van der Waals surface area contributed by atoms with Gasteiger partial charge in [-0.2, -0.15) is 0 Å². The number of rotatable bonds is 7. The summed E-state index contributed by atoms with van der Waals surface area (Å²) in [6, 6.07) is -1.11. The van der Waals surface area contributed by atoms with Crippen LogP contribution in [0, 0.1) is 5.92 Å². The molecule has 3 unspecified atom stereocenters. The molecule has 94 valence electrons. The van der Waals surface area contributed by atoms with Crippen molar-refractivity contribution in [1.82, 2.24) is 5.32 Å². The fourth-order valence-corrected chi connectivity index (χ4v) is 1.05. The summed E-state index contributed by atoms with van der Waals surface area (Å²) in [5, 5.41) is 11.3. The number of hydrogen-bond donors (Lipinski definition) is 3. The fourth-order valence-electron chi connectivity index (χ4n) is 1.05. The molecule has 0 saturated carbocycles. The van der Waals surface area contributed by atoms with Crippen LogP contribution in [0.1, 0.15) is 20.3 Å². The number of nitrogens with one attached hydrogen (secondary N) is 1. The lowest BCUT2D eigenvalue weighted by Gasteiger charge is -2.20. The number of methoxy groups -OCH3 is 1. The maximum absolute atomic E-state index is 11.5. The molecule has 3 atom stereocenters. The van der Waals surface area contributed by atoms with Crippen LogP contribution in [0.2, 0.25) is 0 Å². The number of hydrogen-bond acceptors (Lipinski definition) is 4. The van der Waals surface area contributed by atoms with Crippen molar-refractivity contribution < 1.29 is 19.4 Å². The van der Waals surface area contributed by atoms with Gasteiger partial charge in [-0.25, -0.2) is 0 Å². The minimum atomic E-state index is -0.946. The lowest BCUT2D eigenvalue weighted by Crippen LogP contribution is -2.48. The van der Waals surface area contributed by atoms with Crippen LogP contribution in [0.15, 0.2) is 0 Å². The third-order valence-electron chi connectivity index (χ3n) is 2.48. The first-order valence-electron chi connectivity index (χ1n) is 5.17. The highest BCUT2D eigenvalue weighted by Gasteiger charge is 2.23. The molecule has 0 aromatic carbocycles. The van der Waals surface area contributed by atoms with Gasteiger partial charge in [0.05, 0.1) is 12.0 Å². The zero-order valence-corrected chi connectivity index (χ0v) is 9.90. The minimum absolute atomic E-state index is 0.349. The first-order chi connectivity index (χ1) is 7.40. The van der Waals surface area contributed by atoms with Crippen molar-refractivity contribution in [2.45, 2.75) is 32.4 Å². The zero-order chi connectivity index (χ0) is 12.7. The van der Waals surface area contributed by atoms with Crippen LogP contribution in [0.3, 0.4) is 0 Å². The lowest BCUT2D eigenvalue weighted by atomic mass is 10.0. The molecule has 6 heteroatoms. The van der Waals surface area contributed by atoms with E-state index in [2.05, 4.69) is 5.32 Å². The number of carbonyl (C=O) groups is 2. The Kier molecular flexibility index (Phi) is 6.67. The van der Waals surface area contributed by atoms with Crippen LogP contribution in [-0.2, 0) is 14.3 Å². The molecular formula is C10H20N2O4. The molecule has 0 rings (SSSR count). The van der Waals surface area contributed by atoms with E-state index in [-0.39, 0.29) is 5.91 Å². The van der Waals surface area contributed by atoms with Crippen molar-refractivity contribution in [2.75, 3.05) is 13.7 Å². The molecule has 0 fully saturated rings. The first kappa shape index (κ1) is 14.9. The number of ether oxygens (including phenoxy) is 1. The summed E-state index contributed by atoms with van der Waals surface area (Å²) in [5.74, 6) is -1.94. The van der Waals surface area contributed by atoms with Crippen molar-refractivity contribution in [2.24, 2.45) is 11.7 Å². The Hall–Kier alpha value is -1.14. The van der Waals surface area contributed by atoms with Crippen LogP contribution in [0.4, 0.5) is 0 Å². The predicted octanol–water partition coefficient (Wildman–Crippen LogP) is -0.424. The van der Waals surface area contributed by atoms with E-state index in [0.717, 1.165) is 0 Å². The van der Waals surface area contributed by atoms with Crippen molar-refractivity contribution in [3.63, 3.8) is 0 Å². The molecule has 0 aliphatic carbocycles. The summed E-state index contributed by atoms with van der Waals surface area (Å²) in [6.07, 6.45) is 0.413. The number of carbonyl (C=O) groups excluding carboxylic acids is 1. The molecule has 0 radical (unpaired) electrons. The summed E-state index contributed by atoms with van der Waals surface area (Å²) < 4.78 is 4.80. The van der Waals surface area contributed by atoms with E-state index in [0.29, 0.717) is 13.0 Å². The quantitative estimate of drug-likeness (QED) is 0.553. The summed E-state index contributed by atoms with van der Waals surface area (Å²) in [5.41, 5.74) is 5.59. The zero-order valence-electron chi connectivity index (χ0n) is 9.90. The van der Waals surface area contributed by atoms with E-state index >= 15 is 0 Å². The van der Waals surface area contributed by atoms with Crippen LogP contribution < -0.4 is 11.1 Å². The van der Waals surface area contributed by atoms with Crippen LogP contribution in [0.5, 0.6) is 0 Å². The molecule has 16 heavy (non-hydrogen) atoms. The predicted molar refractivity (Wildman–Crippen MR) is 58.9 cm³/mol. The van der Waals surface area contributed by atoms with E-state index in [1.807, 2.05) is 0 Å². The third kappa shape index (κ3) is 5.09. The normalized spacial score (nSPS) is 16.2. The number of aliphatic carboxylic acids is 1. The number of carboxylic acids is 1. The average molecular weight is 232 g/mol. The molecule has 0 aromatic heterocycles. The summed E-state index contributed by atoms with van der Waals surface area (Å²) >= 11 is 0. The van der Waals surface area contributed by atoms with Gasteiger partial charge in [-0.05, 0) is 20.3 Å². The topological polar surface area (TPSA) is 102 Å². The Balaban J connectivity index is 4.07. The largest absolute Gasteiger partial charge is 0.481 e. The first-order valence-corrected chi connectivity index (χ1v) is 5.17. The molecule has 0 saturated heterocycles. The van der Waals surface area contributed by atoms with Crippen molar-refractivity contribution in [3.05, 3.63) is 0 Å². The molecule has 0 bridgehead atoms. The molecule has 0 aromatic rings. The average Bonchev–Trinajstić information content (AvgIpc) is 2.24. The highest BCUT2D eigenvalue weighted by molar-refractivity contribution is 5.82. The van der Waals surface area contributed by atoms with Gasteiger partial charge in [0, 0.05) is 19.8 Å². The molecular weight excluding hydrogens is 212 g/mol. The van der Waals surface area contributed by atoms with Crippen molar-refractivity contribution >= 4 is 11.9 Å². The maximum atomic E-state index is 11.5. The summed E-state index contributed by atoms with van der Waals surface area (Å²) in [6.45, 7) is 3.57. The molecule has 0 aliphatic heterocycles. The Bertz CT molecular complexity index is 245. The maximum Gasteiger partial charge on any atom is 0.308 e. The van der Waals surface area contributed by atoms with Crippen LogP contribution in [-0.4, -0.2) is 42.8 Å². The molecule has 4 N–H and O–H groups in total. The molecule has 6 nitrogen and oxygen atoms in total. The number of nitrogens with two attached hydrogens (primary N) is 1. The molecule has 0 spiro atoms. The second kappa shape index (κ2) is 7.19. The van der Waals surface area contributed by atoms with E-state index < -0.39 is 24.0 Å². The van der Waals surface area contributed by atoms with Gasteiger partial charge in [0.15, 0.2) is 0 Å². The third-order valence-corrected chi connectivity index (χ3v) is 2.48. The van der Waals surface area contributed by atoms with E-state index in [4.69, 9.17) is 15.6 Å². The van der Waals surface area contributed by atoms with Gasteiger partial charge in [0.1, 0.15) is 0 Å². The van der Waals surface area contributed by atoms with Gasteiger partial charge >= 0.3 is 5.97 Å². The van der Waals surface area contributed by atoms with E-state index in [1.165, 1.54) is 14.0 Å².